The van der Waals surface area contributed by atoms with Crippen LogP contribution in [0.25, 0.3) is 0 Å². The molecule has 2 rings (SSSR count). The van der Waals surface area contributed by atoms with Gasteiger partial charge in [-0.2, -0.15) is 5.26 Å². The standard InChI is InChI=1S/C14H17N3OS/c15-9-12-3-1-11(2-4-12)7-13(16)8-14(18)17-5-6-19-10-17/h1-4,13H,5-8,10,16H2/t13-/m1/s1. The largest absolute Gasteiger partial charge is 0.333 e. The van der Waals surface area contributed by atoms with Crippen molar-refractivity contribution in [3.05, 3.63) is 35.4 Å². The molecule has 1 aliphatic heterocycles. The third-order valence-electron chi connectivity index (χ3n) is 3.12. The van der Waals surface area contributed by atoms with Gasteiger partial charge in [0.2, 0.25) is 5.91 Å². The van der Waals surface area contributed by atoms with Gasteiger partial charge in [-0.25, -0.2) is 0 Å². The number of nitriles is 1. The van der Waals surface area contributed by atoms with Crippen LogP contribution in [0.1, 0.15) is 17.5 Å². The SMILES string of the molecule is N#Cc1ccc(C[C@@H](N)CC(=O)N2CCSC2)cc1. The number of rotatable bonds is 4. The zero-order chi connectivity index (χ0) is 13.7. The Hall–Kier alpha value is -1.51. The number of nitrogens with zero attached hydrogens (tertiary/aromatic N) is 2. The highest BCUT2D eigenvalue weighted by Crippen LogP contribution is 2.15. The molecule has 1 heterocycles. The van der Waals surface area contributed by atoms with Crippen LogP contribution in [0.4, 0.5) is 0 Å². The van der Waals surface area contributed by atoms with Gasteiger partial charge in [0, 0.05) is 24.8 Å². The Kier molecular flexibility index (Phi) is 4.83. The molecular weight excluding hydrogens is 258 g/mol. The molecule has 0 saturated carbocycles. The Morgan fingerprint density at radius 2 is 2.21 bits per heavy atom. The first-order valence-electron chi connectivity index (χ1n) is 6.29. The van der Waals surface area contributed by atoms with Crippen molar-refractivity contribution < 1.29 is 4.79 Å². The van der Waals surface area contributed by atoms with Gasteiger partial charge in [-0.05, 0) is 24.1 Å². The smallest absolute Gasteiger partial charge is 0.224 e. The molecule has 1 saturated heterocycles. The molecule has 0 radical (unpaired) electrons. The molecule has 0 aromatic heterocycles. The second-order valence-corrected chi connectivity index (χ2v) is 5.75. The number of thioether (sulfide) groups is 1. The summed E-state index contributed by atoms with van der Waals surface area (Å²) in [5.74, 6) is 1.96. The van der Waals surface area contributed by atoms with E-state index in [0.29, 0.717) is 18.4 Å². The summed E-state index contributed by atoms with van der Waals surface area (Å²) in [4.78, 5) is 13.8. The van der Waals surface area contributed by atoms with Gasteiger partial charge in [0.1, 0.15) is 0 Å². The van der Waals surface area contributed by atoms with E-state index in [0.717, 1.165) is 23.7 Å². The van der Waals surface area contributed by atoms with Crippen LogP contribution >= 0.6 is 11.8 Å². The second-order valence-electron chi connectivity index (χ2n) is 4.67. The molecule has 2 N–H and O–H groups in total. The molecule has 1 aromatic carbocycles. The summed E-state index contributed by atoms with van der Waals surface area (Å²) in [6.45, 7) is 0.840. The molecule has 100 valence electrons. The van der Waals surface area contributed by atoms with Gasteiger partial charge in [0.05, 0.1) is 17.5 Å². The van der Waals surface area contributed by atoms with Crippen LogP contribution in [-0.4, -0.2) is 35.0 Å². The van der Waals surface area contributed by atoms with Gasteiger partial charge in [-0.1, -0.05) is 12.1 Å². The van der Waals surface area contributed by atoms with Crippen LogP contribution in [-0.2, 0) is 11.2 Å². The Balaban J connectivity index is 1.84. The van der Waals surface area contributed by atoms with E-state index in [9.17, 15) is 4.79 Å². The maximum absolute atomic E-state index is 11.9. The van der Waals surface area contributed by atoms with Crippen molar-refractivity contribution in [2.24, 2.45) is 5.73 Å². The number of amides is 1. The quantitative estimate of drug-likeness (QED) is 0.900. The molecule has 1 aromatic rings. The molecule has 0 spiro atoms. The predicted octanol–water partition coefficient (Wildman–Crippen LogP) is 1.35. The zero-order valence-corrected chi connectivity index (χ0v) is 11.5. The maximum atomic E-state index is 11.9. The zero-order valence-electron chi connectivity index (χ0n) is 10.7. The molecular formula is C14H17N3OS. The van der Waals surface area contributed by atoms with E-state index in [-0.39, 0.29) is 11.9 Å². The average Bonchev–Trinajstić information content (AvgIpc) is 2.93. The van der Waals surface area contributed by atoms with Crippen molar-refractivity contribution in [1.82, 2.24) is 4.90 Å². The van der Waals surface area contributed by atoms with Gasteiger partial charge in [-0.15, -0.1) is 11.8 Å². The number of hydrogen-bond acceptors (Lipinski definition) is 4. The van der Waals surface area contributed by atoms with E-state index in [1.54, 1.807) is 23.9 Å². The minimum Gasteiger partial charge on any atom is -0.333 e. The van der Waals surface area contributed by atoms with Gasteiger partial charge >= 0.3 is 0 Å². The Morgan fingerprint density at radius 1 is 1.47 bits per heavy atom. The summed E-state index contributed by atoms with van der Waals surface area (Å²) >= 11 is 1.78. The van der Waals surface area contributed by atoms with E-state index in [4.69, 9.17) is 11.0 Å². The number of carbonyl (C=O) groups is 1. The number of benzene rings is 1. The Bertz CT molecular complexity index is 474. The molecule has 1 fully saturated rings. The van der Waals surface area contributed by atoms with Gasteiger partial charge in [0.25, 0.3) is 0 Å². The van der Waals surface area contributed by atoms with Crippen LogP contribution < -0.4 is 5.73 Å². The first-order chi connectivity index (χ1) is 9.19. The summed E-state index contributed by atoms with van der Waals surface area (Å²) < 4.78 is 0. The third-order valence-corrected chi connectivity index (χ3v) is 4.09. The highest BCUT2D eigenvalue weighted by Gasteiger charge is 2.20. The van der Waals surface area contributed by atoms with Crippen LogP contribution in [0.2, 0.25) is 0 Å². The fraction of sp³-hybridized carbons (Fsp3) is 0.429. The first-order valence-corrected chi connectivity index (χ1v) is 7.44. The van der Waals surface area contributed by atoms with E-state index >= 15 is 0 Å². The van der Waals surface area contributed by atoms with Gasteiger partial charge in [0.15, 0.2) is 0 Å². The van der Waals surface area contributed by atoms with Crippen LogP contribution in [0.5, 0.6) is 0 Å². The average molecular weight is 275 g/mol. The van der Waals surface area contributed by atoms with Crippen LogP contribution in [0.3, 0.4) is 0 Å². The van der Waals surface area contributed by atoms with Crippen molar-refractivity contribution >= 4 is 17.7 Å². The Labute approximate surface area is 117 Å². The minimum absolute atomic E-state index is 0.145. The molecule has 0 bridgehead atoms. The lowest BCUT2D eigenvalue weighted by Gasteiger charge is -2.17. The summed E-state index contributed by atoms with van der Waals surface area (Å²) in [6, 6.07) is 9.27. The summed E-state index contributed by atoms with van der Waals surface area (Å²) in [5.41, 5.74) is 7.73. The molecule has 1 atom stereocenters. The molecule has 4 nitrogen and oxygen atoms in total. The van der Waals surface area contributed by atoms with E-state index in [1.165, 1.54) is 0 Å². The molecule has 0 aliphatic carbocycles. The minimum atomic E-state index is -0.161. The predicted molar refractivity (Wildman–Crippen MR) is 76.5 cm³/mol. The van der Waals surface area contributed by atoms with Gasteiger partial charge < -0.3 is 10.6 Å². The summed E-state index contributed by atoms with van der Waals surface area (Å²) in [5, 5.41) is 8.72. The van der Waals surface area contributed by atoms with Crippen molar-refractivity contribution in [3.8, 4) is 6.07 Å². The van der Waals surface area contributed by atoms with Gasteiger partial charge in [-0.3, -0.25) is 4.79 Å². The molecule has 1 aliphatic rings. The van der Waals surface area contributed by atoms with E-state index in [2.05, 4.69) is 6.07 Å². The van der Waals surface area contributed by atoms with Crippen LogP contribution in [0, 0.1) is 11.3 Å². The monoisotopic (exact) mass is 275 g/mol. The van der Waals surface area contributed by atoms with Crippen LogP contribution in [0.15, 0.2) is 24.3 Å². The maximum Gasteiger partial charge on any atom is 0.224 e. The highest BCUT2D eigenvalue weighted by molar-refractivity contribution is 7.99. The highest BCUT2D eigenvalue weighted by atomic mass is 32.2. The third kappa shape index (κ3) is 3.98. The fourth-order valence-corrected chi connectivity index (χ4v) is 3.03. The topological polar surface area (TPSA) is 70.1 Å². The van der Waals surface area contributed by atoms with E-state index in [1.807, 2.05) is 17.0 Å². The normalized spacial score (nSPS) is 16.1. The number of carbonyl (C=O) groups excluding carboxylic acids is 1. The Morgan fingerprint density at radius 3 is 2.79 bits per heavy atom. The molecule has 1 amide bonds. The molecule has 19 heavy (non-hydrogen) atoms. The molecule has 0 unspecified atom stereocenters. The summed E-state index contributed by atoms with van der Waals surface area (Å²) in [6.07, 6.45) is 1.05. The lowest BCUT2D eigenvalue weighted by atomic mass is 10.0. The van der Waals surface area contributed by atoms with E-state index < -0.39 is 0 Å². The second kappa shape index (κ2) is 6.60. The molecule has 5 heteroatoms. The number of hydrogen-bond donors (Lipinski definition) is 1. The van der Waals surface area contributed by atoms with Crippen molar-refractivity contribution in [2.45, 2.75) is 18.9 Å². The first kappa shape index (κ1) is 13.9. The lowest BCUT2D eigenvalue weighted by Crippen LogP contribution is -2.35. The van der Waals surface area contributed by atoms with Crippen molar-refractivity contribution in [2.75, 3.05) is 18.2 Å². The number of nitrogens with two attached hydrogens (primary N) is 1. The van der Waals surface area contributed by atoms with Crippen molar-refractivity contribution in [1.29, 1.82) is 5.26 Å². The summed E-state index contributed by atoms with van der Waals surface area (Å²) in [7, 11) is 0. The fourth-order valence-electron chi connectivity index (χ4n) is 2.05. The van der Waals surface area contributed by atoms with Crippen molar-refractivity contribution in [3.63, 3.8) is 0 Å². The lowest BCUT2D eigenvalue weighted by molar-refractivity contribution is -0.130.